The molecule has 2 N–H and O–H groups in total. The number of anilines is 1. The average Bonchev–Trinajstić information content (AvgIpc) is 2.71. The molecule has 0 bridgehead atoms. The number of aliphatic carboxylic acids is 1. The molecule has 1 aromatic heterocycles. The van der Waals surface area contributed by atoms with Gasteiger partial charge in [-0.2, -0.15) is 0 Å². The maximum atomic E-state index is 11.3. The van der Waals surface area contributed by atoms with Gasteiger partial charge in [-0.05, 0) is 6.08 Å². The summed E-state index contributed by atoms with van der Waals surface area (Å²) in [6.07, 6.45) is 4.20. The van der Waals surface area contributed by atoms with Crippen LogP contribution < -0.4 is 5.32 Å². The number of carboxylic acids is 1. The molecule has 0 spiro atoms. The molecule has 92 valence electrons. The number of methoxy groups -OCH3 is 1. The van der Waals surface area contributed by atoms with Crippen LogP contribution in [-0.4, -0.2) is 35.7 Å². The summed E-state index contributed by atoms with van der Waals surface area (Å²) >= 11 is 1.20. The third-order valence-electron chi connectivity index (χ3n) is 1.69. The van der Waals surface area contributed by atoms with Crippen LogP contribution in [0.3, 0.4) is 0 Å². The number of thiazole rings is 1. The summed E-state index contributed by atoms with van der Waals surface area (Å²) in [4.78, 5) is 26.2. The Hall–Kier alpha value is -1.73. The van der Waals surface area contributed by atoms with Gasteiger partial charge in [-0.1, -0.05) is 11.3 Å². The molecule has 6 nitrogen and oxygen atoms in total. The fourth-order valence-electron chi connectivity index (χ4n) is 0.951. The van der Waals surface area contributed by atoms with Crippen LogP contribution in [0.15, 0.2) is 12.3 Å². The molecule has 0 aliphatic rings. The molecule has 0 atom stereocenters. The summed E-state index contributed by atoms with van der Waals surface area (Å²) in [6, 6.07) is 0. The molecule has 0 unspecified atom stereocenters. The number of nitrogens with zero attached hydrogens (tertiary/aromatic N) is 1. The van der Waals surface area contributed by atoms with E-state index in [1.54, 1.807) is 0 Å². The van der Waals surface area contributed by atoms with Crippen molar-refractivity contribution in [3.8, 4) is 0 Å². The van der Waals surface area contributed by atoms with E-state index in [4.69, 9.17) is 9.84 Å². The van der Waals surface area contributed by atoms with Crippen LogP contribution in [0.2, 0.25) is 0 Å². The Labute approximate surface area is 102 Å². The van der Waals surface area contributed by atoms with Gasteiger partial charge in [0.2, 0.25) is 5.91 Å². The number of nitrogens with one attached hydrogen (secondary N) is 1. The van der Waals surface area contributed by atoms with Crippen molar-refractivity contribution in [3.63, 3.8) is 0 Å². The summed E-state index contributed by atoms with van der Waals surface area (Å²) < 4.78 is 4.77. The van der Waals surface area contributed by atoms with Crippen molar-refractivity contribution in [2.24, 2.45) is 0 Å². The minimum atomic E-state index is -1.02. The molecule has 0 aliphatic carbocycles. The summed E-state index contributed by atoms with van der Waals surface area (Å²) in [5.41, 5.74) is 0. The molecule has 0 saturated heterocycles. The van der Waals surface area contributed by atoms with Crippen molar-refractivity contribution in [3.05, 3.63) is 17.2 Å². The van der Waals surface area contributed by atoms with Gasteiger partial charge in [0.15, 0.2) is 5.13 Å². The highest BCUT2D eigenvalue weighted by Gasteiger charge is 2.05. The van der Waals surface area contributed by atoms with E-state index in [1.807, 2.05) is 0 Å². The van der Waals surface area contributed by atoms with Gasteiger partial charge in [-0.25, -0.2) is 9.78 Å². The zero-order chi connectivity index (χ0) is 12.7. The first-order valence-corrected chi connectivity index (χ1v) is 5.59. The molecular weight excluding hydrogens is 244 g/mol. The lowest BCUT2D eigenvalue weighted by Gasteiger charge is -1.99. The number of hydrogen-bond donors (Lipinski definition) is 2. The SMILES string of the molecule is COCCC(=O)Nc1ncc(C=CC(=O)O)s1. The normalized spacial score (nSPS) is 10.6. The van der Waals surface area contributed by atoms with E-state index in [0.717, 1.165) is 6.08 Å². The first kappa shape index (κ1) is 13.3. The largest absolute Gasteiger partial charge is 0.478 e. The van der Waals surface area contributed by atoms with Crippen LogP contribution >= 0.6 is 11.3 Å². The zero-order valence-electron chi connectivity index (χ0n) is 9.17. The maximum absolute atomic E-state index is 11.3. The molecule has 0 radical (unpaired) electrons. The van der Waals surface area contributed by atoms with Gasteiger partial charge in [0.05, 0.1) is 13.0 Å². The molecule has 1 heterocycles. The number of ether oxygens (including phenoxy) is 1. The minimum Gasteiger partial charge on any atom is -0.478 e. The van der Waals surface area contributed by atoms with Gasteiger partial charge in [0.1, 0.15) is 0 Å². The molecule has 1 rings (SSSR count). The number of carbonyl (C=O) groups is 2. The lowest BCUT2D eigenvalue weighted by atomic mass is 10.4. The van der Waals surface area contributed by atoms with Gasteiger partial charge in [0.25, 0.3) is 0 Å². The first-order chi connectivity index (χ1) is 8.11. The third kappa shape index (κ3) is 5.23. The summed E-state index contributed by atoms with van der Waals surface area (Å²) in [6.45, 7) is 0.350. The fourth-order valence-corrected chi connectivity index (χ4v) is 1.69. The Morgan fingerprint density at radius 3 is 3.06 bits per heavy atom. The summed E-state index contributed by atoms with van der Waals surface area (Å²) in [7, 11) is 1.52. The van der Waals surface area contributed by atoms with E-state index in [1.165, 1.54) is 30.7 Å². The molecule has 17 heavy (non-hydrogen) atoms. The molecule has 0 aliphatic heterocycles. The van der Waals surface area contributed by atoms with Crippen LogP contribution in [0.4, 0.5) is 5.13 Å². The first-order valence-electron chi connectivity index (χ1n) is 4.77. The predicted molar refractivity (Wildman–Crippen MR) is 63.9 cm³/mol. The Balaban J connectivity index is 2.51. The molecular formula is C10H12N2O4S. The highest BCUT2D eigenvalue weighted by Crippen LogP contribution is 2.19. The standard InChI is InChI=1S/C10H12N2O4S/c1-16-5-4-8(13)12-10-11-6-7(17-10)2-3-9(14)15/h2-3,6H,4-5H2,1H3,(H,14,15)(H,11,12,13). The number of hydrogen-bond acceptors (Lipinski definition) is 5. The van der Waals surface area contributed by atoms with E-state index in [0.29, 0.717) is 16.6 Å². The Bertz CT molecular complexity index is 428. The van der Waals surface area contributed by atoms with Gasteiger partial charge < -0.3 is 15.2 Å². The molecule has 1 aromatic rings. The quantitative estimate of drug-likeness (QED) is 0.747. The van der Waals surface area contributed by atoms with Gasteiger partial charge in [-0.3, -0.25) is 4.79 Å². The third-order valence-corrected chi connectivity index (χ3v) is 2.57. The number of carboxylic acid groups (broad SMARTS) is 1. The molecule has 0 fully saturated rings. The summed E-state index contributed by atoms with van der Waals surface area (Å²) in [5.74, 6) is -1.21. The fraction of sp³-hybridized carbons (Fsp3) is 0.300. The van der Waals surface area contributed by atoms with Crippen LogP contribution in [0.1, 0.15) is 11.3 Å². The monoisotopic (exact) mass is 256 g/mol. The predicted octanol–water partition coefficient (Wildman–Crippen LogP) is 1.22. The van der Waals surface area contributed by atoms with E-state index in [2.05, 4.69) is 10.3 Å². The van der Waals surface area contributed by atoms with Crippen molar-refractivity contribution < 1.29 is 19.4 Å². The van der Waals surface area contributed by atoms with Crippen molar-refractivity contribution in [2.45, 2.75) is 6.42 Å². The topological polar surface area (TPSA) is 88.5 Å². The lowest BCUT2D eigenvalue weighted by molar-refractivity contribution is -0.131. The van der Waals surface area contributed by atoms with Crippen LogP contribution in [0, 0.1) is 0 Å². The second-order valence-corrected chi connectivity index (χ2v) is 4.09. The van der Waals surface area contributed by atoms with Crippen molar-refractivity contribution in [1.29, 1.82) is 0 Å². The molecule has 0 saturated carbocycles. The van der Waals surface area contributed by atoms with Crippen LogP contribution in [0.25, 0.3) is 6.08 Å². The molecule has 7 heteroatoms. The van der Waals surface area contributed by atoms with Gasteiger partial charge in [-0.15, -0.1) is 0 Å². The Kier molecular flexibility index (Phi) is 5.31. The van der Waals surface area contributed by atoms with Gasteiger partial charge in [0, 0.05) is 24.3 Å². The Morgan fingerprint density at radius 2 is 2.41 bits per heavy atom. The van der Waals surface area contributed by atoms with Crippen LogP contribution in [-0.2, 0) is 14.3 Å². The minimum absolute atomic E-state index is 0.185. The zero-order valence-corrected chi connectivity index (χ0v) is 9.99. The number of rotatable bonds is 6. The van der Waals surface area contributed by atoms with E-state index < -0.39 is 5.97 Å². The lowest BCUT2D eigenvalue weighted by Crippen LogP contribution is -2.13. The number of aromatic nitrogens is 1. The Morgan fingerprint density at radius 1 is 1.65 bits per heavy atom. The van der Waals surface area contributed by atoms with Crippen LogP contribution in [0.5, 0.6) is 0 Å². The summed E-state index contributed by atoms with van der Waals surface area (Å²) in [5, 5.41) is 11.5. The van der Waals surface area contributed by atoms with E-state index in [9.17, 15) is 9.59 Å². The van der Waals surface area contributed by atoms with Crippen molar-refractivity contribution in [1.82, 2.24) is 4.98 Å². The van der Waals surface area contributed by atoms with Crippen molar-refractivity contribution >= 4 is 34.4 Å². The number of amides is 1. The molecule has 0 aromatic carbocycles. The number of carbonyl (C=O) groups excluding carboxylic acids is 1. The average molecular weight is 256 g/mol. The van der Waals surface area contributed by atoms with Gasteiger partial charge >= 0.3 is 5.97 Å². The second-order valence-electron chi connectivity index (χ2n) is 3.03. The second kappa shape index (κ2) is 6.77. The highest BCUT2D eigenvalue weighted by atomic mass is 32.1. The molecule has 1 amide bonds. The van der Waals surface area contributed by atoms with E-state index >= 15 is 0 Å². The van der Waals surface area contributed by atoms with Crippen molar-refractivity contribution in [2.75, 3.05) is 19.0 Å². The smallest absolute Gasteiger partial charge is 0.328 e. The highest BCUT2D eigenvalue weighted by molar-refractivity contribution is 7.16. The van der Waals surface area contributed by atoms with E-state index in [-0.39, 0.29) is 12.3 Å². The maximum Gasteiger partial charge on any atom is 0.328 e.